The van der Waals surface area contributed by atoms with E-state index in [0.29, 0.717) is 6.42 Å². The minimum atomic E-state index is -1.04. The van der Waals surface area contributed by atoms with Gasteiger partial charge < -0.3 is 10.2 Å². The largest absolute Gasteiger partial charge is 0.343 e. The number of hydrogen-bond acceptors (Lipinski definition) is 2. The van der Waals surface area contributed by atoms with Crippen molar-refractivity contribution in [1.29, 1.82) is 0 Å². The van der Waals surface area contributed by atoms with Crippen LogP contribution in [0, 0.1) is 17.6 Å². The van der Waals surface area contributed by atoms with Gasteiger partial charge in [-0.05, 0) is 24.5 Å². The Morgan fingerprint density at radius 3 is 2.60 bits per heavy atom. The smallest absolute Gasteiger partial charge is 0.250 e. The molecule has 2 amide bonds. The van der Waals surface area contributed by atoms with E-state index in [-0.39, 0.29) is 30.0 Å². The van der Waals surface area contributed by atoms with Gasteiger partial charge in [0.15, 0.2) is 11.6 Å². The van der Waals surface area contributed by atoms with E-state index in [9.17, 15) is 18.4 Å². The first-order valence-corrected chi connectivity index (χ1v) is 6.44. The van der Waals surface area contributed by atoms with Crippen LogP contribution in [0.1, 0.15) is 20.3 Å². The van der Waals surface area contributed by atoms with Crippen molar-refractivity contribution in [1.82, 2.24) is 5.32 Å². The lowest BCUT2D eigenvalue weighted by Crippen LogP contribution is -2.58. The summed E-state index contributed by atoms with van der Waals surface area (Å²) in [6.07, 6.45) is 0.505. The molecule has 1 heterocycles. The molecular weight excluding hydrogens is 266 g/mol. The summed E-state index contributed by atoms with van der Waals surface area (Å²) < 4.78 is 26.2. The summed E-state index contributed by atoms with van der Waals surface area (Å²) in [5.74, 6) is -2.40. The summed E-state index contributed by atoms with van der Waals surface area (Å²) in [6, 6.07) is 2.55. The lowest BCUT2D eigenvalue weighted by Gasteiger charge is -2.33. The fourth-order valence-electron chi connectivity index (χ4n) is 2.21. The van der Waals surface area contributed by atoms with Crippen LogP contribution in [-0.2, 0) is 9.59 Å². The van der Waals surface area contributed by atoms with Crippen LogP contribution in [0.2, 0.25) is 0 Å². The number of anilines is 1. The number of hydrogen-bond donors (Lipinski definition) is 1. The molecule has 4 nitrogen and oxygen atoms in total. The average Bonchev–Trinajstić information content (AvgIpc) is 2.36. The molecular formula is C14H16F2N2O2. The van der Waals surface area contributed by atoms with Crippen LogP contribution in [0.5, 0.6) is 0 Å². The number of carbonyl (C=O) groups excluding carboxylic acids is 2. The van der Waals surface area contributed by atoms with Crippen molar-refractivity contribution in [3.8, 4) is 0 Å². The number of halogens is 2. The lowest BCUT2D eigenvalue weighted by molar-refractivity contribution is -0.131. The Kier molecular flexibility index (Phi) is 4.01. The Bertz CT molecular complexity index is 546. The Balaban J connectivity index is 2.27. The third kappa shape index (κ3) is 2.95. The summed E-state index contributed by atoms with van der Waals surface area (Å²) >= 11 is 0. The molecule has 1 atom stereocenters. The van der Waals surface area contributed by atoms with Crippen LogP contribution in [-0.4, -0.2) is 24.4 Å². The highest BCUT2D eigenvalue weighted by atomic mass is 19.2. The first-order valence-electron chi connectivity index (χ1n) is 6.44. The fourth-order valence-corrected chi connectivity index (χ4v) is 2.21. The van der Waals surface area contributed by atoms with Crippen molar-refractivity contribution in [2.45, 2.75) is 26.3 Å². The summed E-state index contributed by atoms with van der Waals surface area (Å²) in [5, 5.41) is 2.63. The monoisotopic (exact) mass is 282 g/mol. The van der Waals surface area contributed by atoms with Gasteiger partial charge in [0.05, 0.1) is 0 Å². The molecule has 1 aliphatic rings. The molecule has 1 fully saturated rings. The van der Waals surface area contributed by atoms with Crippen molar-refractivity contribution >= 4 is 17.5 Å². The van der Waals surface area contributed by atoms with Crippen molar-refractivity contribution in [3.63, 3.8) is 0 Å². The van der Waals surface area contributed by atoms with Crippen LogP contribution in [0.25, 0.3) is 0 Å². The Hall–Kier alpha value is -1.98. The Morgan fingerprint density at radius 1 is 1.30 bits per heavy atom. The zero-order valence-corrected chi connectivity index (χ0v) is 11.3. The SMILES string of the molecule is CC(C)CC1NC(=O)CN(c2ccc(F)c(F)c2)C1=O. The van der Waals surface area contributed by atoms with Crippen molar-refractivity contribution < 1.29 is 18.4 Å². The van der Waals surface area contributed by atoms with E-state index in [1.54, 1.807) is 0 Å². The number of nitrogens with zero attached hydrogens (tertiary/aromatic N) is 1. The molecule has 0 aliphatic carbocycles. The van der Waals surface area contributed by atoms with Crippen LogP contribution >= 0.6 is 0 Å². The molecule has 2 rings (SSSR count). The van der Waals surface area contributed by atoms with Crippen molar-refractivity contribution in [2.24, 2.45) is 5.92 Å². The molecule has 6 heteroatoms. The Labute approximate surface area is 115 Å². The van der Waals surface area contributed by atoms with Crippen LogP contribution in [0.3, 0.4) is 0 Å². The highest BCUT2D eigenvalue weighted by molar-refractivity contribution is 6.06. The molecule has 20 heavy (non-hydrogen) atoms. The molecule has 0 bridgehead atoms. The maximum absolute atomic E-state index is 13.3. The predicted molar refractivity (Wildman–Crippen MR) is 70.1 cm³/mol. The topological polar surface area (TPSA) is 49.4 Å². The van der Waals surface area contributed by atoms with E-state index >= 15 is 0 Å². The summed E-state index contributed by atoms with van der Waals surface area (Å²) in [4.78, 5) is 25.2. The first kappa shape index (κ1) is 14.4. The van der Waals surface area contributed by atoms with E-state index in [2.05, 4.69) is 5.32 Å². The minimum Gasteiger partial charge on any atom is -0.343 e. The van der Waals surface area contributed by atoms with Gasteiger partial charge in [-0.3, -0.25) is 9.59 Å². The fraction of sp³-hybridized carbons (Fsp3) is 0.429. The molecule has 1 aliphatic heterocycles. The van der Waals surface area contributed by atoms with E-state index < -0.39 is 17.7 Å². The minimum absolute atomic E-state index is 0.182. The number of amides is 2. The van der Waals surface area contributed by atoms with Crippen LogP contribution in [0.15, 0.2) is 18.2 Å². The predicted octanol–water partition coefficient (Wildman–Crippen LogP) is 1.84. The number of nitrogens with one attached hydrogen (secondary N) is 1. The quantitative estimate of drug-likeness (QED) is 0.919. The van der Waals surface area contributed by atoms with Gasteiger partial charge in [0.25, 0.3) is 0 Å². The van der Waals surface area contributed by atoms with Crippen molar-refractivity contribution in [2.75, 3.05) is 11.4 Å². The first-order chi connectivity index (χ1) is 9.38. The van der Waals surface area contributed by atoms with E-state index in [0.717, 1.165) is 12.1 Å². The molecule has 0 aromatic heterocycles. The van der Waals surface area contributed by atoms with Gasteiger partial charge in [0, 0.05) is 11.8 Å². The van der Waals surface area contributed by atoms with Gasteiger partial charge in [-0.1, -0.05) is 13.8 Å². The molecule has 1 saturated heterocycles. The Morgan fingerprint density at radius 2 is 2.00 bits per heavy atom. The second-order valence-corrected chi connectivity index (χ2v) is 5.27. The van der Waals surface area contributed by atoms with Gasteiger partial charge >= 0.3 is 0 Å². The normalized spacial score (nSPS) is 19.4. The van der Waals surface area contributed by atoms with Gasteiger partial charge in [-0.25, -0.2) is 8.78 Å². The van der Waals surface area contributed by atoms with E-state index in [1.165, 1.54) is 11.0 Å². The molecule has 1 aromatic rings. The van der Waals surface area contributed by atoms with Gasteiger partial charge in [0.2, 0.25) is 11.8 Å². The standard InChI is InChI=1S/C14H16F2N2O2/c1-8(2)5-12-14(20)18(7-13(19)17-12)9-3-4-10(15)11(16)6-9/h3-4,6,8,12H,5,7H2,1-2H3,(H,17,19). The molecule has 0 spiro atoms. The molecule has 0 saturated carbocycles. The highest BCUT2D eigenvalue weighted by Crippen LogP contribution is 2.22. The molecule has 1 aromatic carbocycles. The summed E-state index contributed by atoms with van der Waals surface area (Å²) in [5.41, 5.74) is 0.192. The third-order valence-corrected chi connectivity index (χ3v) is 3.12. The van der Waals surface area contributed by atoms with Gasteiger partial charge in [-0.15, -0.1) is 0 Å². The number of piperazine rings is 1. The summed E-state index contributed by atoms with van der Waals surface area (Å²) in [7, 11) is 0. The van der Waals surface area contributed by atoms with E-state index in [1.807, 2.05) is 13.8 Å². The number of benzene rings is 1. The summed E-state index contributed by atoms with van der Waals surface area (Å²) in [6.45, 7) is 3.70. The van der Waals surface area contributed by atoms with Crippen LogP contribution < -0.4 is 10.2 Å². The van der Waals surface area contributed by atoms with Gasteiger partial charge in [-0.2, -0.15) is 0 Å². The molecule has 108 valence electrons. The van der Waals surface area contributed by atoms with Gasteiger partial charge in [0.1, 0.15) is 12.6 Å². The third-order valence-electron chi connectivity index (χ3n) is 3.12. The number of rotatable bonds is 3. The molecule has 1 N–H and O–H groups in total. The zero-order valence-electron chi connectivity index (χ0n) is 11.3. The maximum atomic E-state index is 13.3. The second kappa shape index (κ2) is 5.56. The zero-order chi connectivity index (χ0) is 14.9. The van der Waals surface area contributed by atoms with E-state index in [4.69, 9.17) is 0 Å². The molecule has 1 unspecified atom stereocenters. The highest BCUT2D eigenvalue weighted by Gasteiger charge is 2.34. The lowest BCUT2D eigenvalue weighted by atomic mass is 10.0. The molecule has 0 radical (unpaired) electrons. The average molecular weight is 282 g/mol. The second-order valence-electron chi connectivity index (χ2n) is 5.27. The van der Waals surface area contributed by atoms with Crippen molar-refractivity contribution in [3.05, 3.63) is 29.8 Å². The maximum Gasteiger partial charge on any atom is 0.250 e. The van der Waals surface area contributed by atoms with Crippen LogP contribution in [0.4, 0.5) is 14.5 Å². The number of carbonyl (C=O) groups is 2.